The molecule has 0 aliphatic heterocycles. The summed E-state index contributed by atoms with van der Waals surface area (Å²) >= 11 is 0. The van der Waals surface area contributed by atoms with Crippen LogP contribution in [0.3, 0.4) is 0 Å². The third kappa shape index (κ3) is 7.53. The molecule has 0 saturated heterocycles. The zero-order valence-corrected chi connectivity index (χ0v) is 15.2. The first-order valence-corrected chi connectivity index (χ1v) is 10.8. The lowest BCUT2D eigenvalue weighted by atomic mass is 9.85. The van der Waals surface area contributed by atoms with Crippen LogP contribution in [0.4, 0.5) is 4.79 Å². The van der Waals surface area contributed by atoms with Gasteiger partial charge in [0.2, 0.25) is 9.05 Å². The van der Waals surface area contributed by atoms with Crippen molar-refractivity contribution in [1.82, 2.24) is 5.32 Å². The SMILES string of the molecule is O=C(N[C@@H](CC1CCCCC1)CS(=O)(=O)Cl)OCc1ccccc1. The Labute approximate surface area is 148 Å². The summed E-state index contributed by atoms with van der Waals surface area (Å²) in [5.74, 6) is 0.155. The predicted octanol–water partition coefficient (Wildman–Crippen LogP) is 3.82. The fourth-order valence-electron chi connectivity index (χ4n) is 3.17. The van der Waals surface area contributed by atoms with Crippen LogP contribution in [0, 0.1) is 5.92 Å². The molecule has 0 radical (unpaired) electrons. The van der Waals surface area contributed by atoms with Gasteiger partial charge in [0.15, 0.2) is 0 Å². The van der Waals surface area contributed by atoms with Crippen molar-refractivity contribution in [2.45, 2.75) is 51.2 Å². The van der Waals surface area contributed by atoms with Crippen LogP contribution in [0.2, 0.25) is 0 Å². The maximum absolute atomic E-state index is 12.0. The average Bonchev–Trinajstić information content (AvgIpc) is 2.53. The zero-order valence-electron chi connectivity index (χ0n) is 13.6. The van der Waals surface area contributed by atoms with E-state index >= 15 is 0 Å². The Bertz CT molecular complexity index is 615. The van der Waals surface area contributed by atoms with E-state index in [1.807, 2.05) is 30.3 Å². The van der Waals surface area contributed by atoms with Crippen LogP contribution in [0.1, 0.15) is 44.1 Å². The number of halogens is 1. The van der Waals surface area contributed by atoms with Crippen molar-refractivity contribution in [3.63, 3.8) is 0 Å². The summed E-state index contributed by atoms with van der Waals surface area (Å²) in [5.41, 5.74) is 0.876. The van der Waals surface area contributed by atoms with Crippen molar-refractivity contribution in [3.05, 3.63) is 35.9 Å². The highest BCUT2D eigenvalue weighted by molar-refractivity contribution is 8.13. The summed E-state index contributed by atoms with van der Waals surface area (Å²) < 4.78 is 28.0. The molecule has 1 aromatic carbocycles. The number of carbonyl (C=O) groups is 1. The Balaban J connectivity index is 1.87. The topological polar surface area (TPSA) is 72.5 Å². The van der Waals surface area contributed by atoms with Crippen LogP contribution in [0.15, 0.2) is 30.3 Å². The third-order valence-electron chi connectivity index (χ3n) is 4.28. The van der Waals surface area contributed by atoms with Gasteiger partial charge in [-0.1, -0.05) is 62.4 Å². The largest absolute Gasteiger partial charge is 0.445 e. The number of hydrogen-bond donors (Lipinski definition) is 1. The second-order valence-electron chi connectivity index (χ2n) is 6.35. The van der Waals surface area contributed by atoms with Crippen molar-refractivity contribution in [2.75, 3.05) is 5.75 Å². The van der Waals surface area contributed by atoms with Crippen LogP contribution in [-0.2, 0) is 20.4 Å². The molecular weight excluding hydrogens is 350 g/mol. The lowest BCUT2D eigenvalue weighted by Crippen LogP contribution is -2.40. The van der Waals surface area contributed by atoms with Crippen molar-refractivity contribution in [2.24, 2.45) is 5.92 Å². The van der Waals surface area contributed by atoms with Gasteiger partial charge < -0.3 is 10.1 Å². The van der Waals surface area contributed by atoms with E-state index in [4.69, 9.17) is 15.4 Å². The Morgan fingerprint density at radius 3 is 2.50 bits per heavy atom. The standard InChI is InChI=1S/C17H24ClNO4S/c18-24(21,22)13-16(11-14-7-3-1-4-8-14)19-17(20)23-12-15-9-5-2-6-10-15/h2,5-6,9-10,14,16H,1,3-4,7-8,11-13H2,(H,19,20)/t16-/m0/s1. The molecule has 1 fully saturated rings. The minimum Gasteiger partial charge on any atom is -0.445 e. The summed E-state index contributed by atoms with van der Waals surface area (Å²) in [6.45, 7) is 0.149. The quantitative estimate of drug-likeness (QED) is 0.737. The molecule has 1 saturated carbocycles. The number of rotatable bonds is 7. The number of nitrogens with one attached hydrogen (secondary N) is 1. The highest BCUT2D eigenvalue weighted by Gasteiger charge is 2.24. The van der Waals surface area contributed by atoms with Gasteiger partial charge in [-0.2, -0.15) is 0 Å². The summed E-state index contributed by atoms with van der Waals surface area (Å²) in [4.78, 5) is 12.0. The van der Waals surface area contributed by atoms with Crippen molar-refractivity contribution >= 4 is 25.8 Å². The van der Waals surface area contributed by atoms with E-state index in [1.54, 1.807) is 0 Å². The van der Waals surface area contributed by atoms with Crippen molar-refractivity contribution in [1.29, 1.82) is 0 Å². The van der Waals surface area contributed by atoms with E-state index in [2.05, 4.69) is 5.32 Å². The molecule has 0 heterocycles. The van der Waals surface area contributed by atoms with Gasteiger partial charge >= 0.3 is 6.09 Å². The Morgan fingerprint density at radius 1 is 1.21 bits per heavy atom. The lowest BCUT2D eigenvalue weighted by Gasteiger charge is -2.26. The fraction of sp³-hybridized carbons (Fsp3) is 0.588. The van der Waals surface area contributed by atoms with Gasteiger partial charge in [0.25, 0.3) is 0 Å². The molecule has 1 aromatic rings. The van der Waals surface area contributed by atoms with E-state index in [1.165, 1.54) is 6.42 Å². The van der Waals surface area contributed by atoms with E-state index in [9.17, 15) is 13.2 Å². The minimum atomic E-state index is -3.68. The van der Waals surface area contributed by atoms with Crippen LogP contribution >= 0.6 is 10.7 Å². The monoisotopic (exact) mass is 373 g/mol. The number of hydrogen-bond acceptors (Lipinski definition) is 4. The first-order chi connectivity index (χ1) is 11.4. The first-order valence-electron chi connectivity index (χ1n) is 8.32. The predicted molar refractivity (Wildman–Crippen MR) is 94.4 cm³/mol. The summed E-state index contributed by atoms with van der Waals surface area (Å²) in [6, 6.07) is 8.81. The van der Waals surface area contributed by atoms with Crippen molar-refractivity contribution < 1.29 is 17.9 Å². The van der Waals surface area contributed by atoms with Crippen LogP contribution < -0.4 is 5.32 Å². The molecule has 1 N–H and O–H groups in total. The van der Waals surface area contributed by atoms with Gasteiger partial charge in [0.1, 0.15) is 6.61 Å². The van der Waals surface area contributed by atoms with Crippen LogP contribution in [0.25, 0.3) is 0 Å². The van der Waals surface area contributed by atoms with E-state index in [0.29, 0.717) is 12.3 Å². The highest BCUT2D eigenvalue weighted by atomic mass is 35.7. The fourth-order valence-corrected chi connectivity index (χ4v) is 4.32. The van der Waals surface area contributed by atoms with Gasteiger partial charge in [-0.05, 0) is 17.9 Å². The van der Waals surface area contributed by atoms with E-state index < -0.39 is 21.2 Å². The summed E-state index contributed by atoms with van der Waals surface area (Å²) in [5, 5.41) is 2.67. The third-order valence-corrected chi connectivity index (χ3v) is 5.46. The van der Waals surface area contributed by atoms with Gasteiger partial charge in [-0.25, -0.2) is 13.2 Å². The van der Waals surface area contributed by atoms with Gasteiger partial charge in [0, 0.05) is 16.7 Å². The molecule has 0 unspecified atom stereocenters. The number of ether oxygens (including phenoxy) is 1. The molecule has 0 bridgehead atoms. The van der Waals surface area contributed by atoms with Crippen LogP contribution in [-0.4, -0.2) is 26.3 Å². The molecular formula is C17H24ClNO4S. The molecule has 0 spiro atoms. The average molecular weight is 374 g/mol. The van der Waals surface area contributed by atoms with Gasteiger partial charge in [-0.3, -0.25) is 0 Å². The highest BCUT2D eigenvalue weighted by Crippen LogP contribution is 2.27. The Kier molecular flexibility index (Phi) is 7.37. The van der Waals surface area contributed by atoms with Crippen LogP contribution in [0.5, 0.6) is 0 Å². The molecule has 2 rings (SSSR count). The van der Waals surface area contributed by atoms with Gasteiger partial charge in [-0.15, -0.1) is 0 Å². The maximum Gasteiger partial charge on any atom is 0.407 e. The maximum atomic E-state index is 12.0. The molecule has 0 aromatic heterocycles. The number of alkyl carbamates (subject to hydrolysis) is 1. The number of amides is 1. The molecule has 24 heavy (non-hydrogen) atoms. The second kappa shape index (κ2) is 9.28. The molecule has 5 nitrogen and oxygen atoms in total. The molecule has 1 aliphatic rings. The van der Waals surface area contributed by atoms with E-state index in [0.717, 1.165) is 31.2 Å². The summed E-state index contributed by atoms with van der Waals surface area (Å²) in [6.07, 6.45) is 5.68. The molecule has 7 heteroatoms. The smallest absolute Gasteiger partial charge is 0.407 e. The molecule has 134 valence electrons. The Morgan fingerprint density at radius 2 is 1.88 bits per heavy atom. The minimum absolute atomic E-state index is 0.149. The number of benzene rings is 1. The number of carbonyl (C=O) groups excluding carboxylic acids is 1. The normalized spacial score (nSPS) is 17.2. The summed E-state index contributed by atoms with van der Waals surface area (Å²) in [7, 11) is 1.70. The second-order valence-corrected chi connectivity index (χ2v) is 9.17. The molecule has 1 atom stereocenters. The lowest BCUT2D eigenvalue weighted by molar-refractivity contribution is 0.134. The van der Waals surface area contributed by atoms with Gasteiger partial charge in [0.05, 0.1) is 5.75 Å². The molecule has 1 aliphatic carbocycles. The Hall–Kier alpha value is -1.27. The van der Waals surface area contributed by atoms with Crippen molar-refractivity contribution in [3.8, 4) is 0 Å². The molecule has 1 amide bonds. The first kappa shape index (κ1) is 19.1. The van der Waals surface area contributed by atoms with E-state index in [-0.39, 0.29) is 12.4 Å². The zero-order chi connectivity index (χ0) is 17.4.